The van der Waals surface area contributed by atoms with Crippen LogP contribution < -0.4 is 0 Å². The first-order valence-corrected chi connectivity index (χ1v) is 7.00. The largest absolute Gasteiger partial charge is 0.438 e. The molecule has 2 aromatic carbocycles. The quantitative estimate of drug-likeness (QED) is 0.434. The molecule has 5 rings (SSSR count). The normalized spacial score (nSPS) is 12.0. The third-order valence-electron chi connectivity index (χ3n) is 4.11. The van der Waals surface area contributed by atoms with E-state index in [1.165, 1.54) is 10.8 Å². The van der Waals surface area contributed by atoms with Crippen LogP contribution in [0.4, 0.5) is 0 Å². The Kier molecular flexibility index (Phi) is 1.89. The number of aromatic nitrogens is 2. The van der Waals surface area contributed by atoms with Crippen molar-refractivity contribution in [3.63, 3.8) is 0 Å². The molecule has 0 bridgehead atoms. The van der Waals surface area contributed by atoms with E-state index in [-0.39, 0.29) is 0 Å². The number of hydrogen-bond donors (Lipinski definition) is 1. The summed E-state index contributed by atoms with van der Waals surface area (Å²) in [6.07, 6.45) is 0. The predicted octanol–water partition coefficient (Wildman–Crippen LogP) is 4.92. The van der Waals surface area contributed by atoms with Gasteiger partial charge in [-0.1, -0.05) is 18.2 Å². The van der Waals surface area contributed by atoms with Crippen molar-refractivity contribution in [3.05, 3.63) is 54.2 Å². The fraction of sp³-hybridized carbons (Fsp3) is 0.0556. The van der Waals surface area contributed by atoms with Crippen LogP contribution in [0.15, 0.2) is 52.9 Å². The van der Waals surface area contributed by atoms with E-state index in [1.54, 1.807) is 0 Å². The Morgan fingerprint density at radius 2 is 1.76 bits per heavy atom. The van der Waals surface area contributed by atoms with Gasteiger partial charge in [0.2, 0.25) is 5.71 Å². The molecule has 0 radical (unpaired) electrons. The second kappa shape index (κ2) is 3.64. The van der Waals surface area contributed by atoms with Crippen LogP contribution in [0.3, 0.4) is 0 Å². The zero-order chi connectivity index (χ0) is 14.0. The highest BCUT2D eigenvalue weighted by Gasteiger charge is 2.14. The van der Waals surface area contributed by atoms with Crippen molar-refractivity contribution in [2.24, 2.45) is 0 Å². The maximum absolute atomic E-state index is 5.93. The van der Waals surface area contributed by atoms with Gasteiger partial charge in [0.05, 0.1) is 0 Å². The number of H-pyrrole nitrogens is 1. The van der Waals surface area contributed by atoms with Gasteiger partial charge in [-0.25, -0.2) is 4.98 Å². The number of fused-ring (bicyclic) bond motifs is 7. The lowest BCUT2D eigenvalue weighted by molar-refractivity contribution is 0.653. The van der Waals surface area contributed by atoms with Gasteiger partial charge in [-0.2, -0.15) is 0 Å². The molecule has 0 aliphatic heterocycles. The van der Waals surface area contributed by atoms with E-state index in [2.05, 4.69) is 40.3 Å². The monoisotopic (exact) mass is 272 g/mol. The third kappa shape index (κ3) is 1.35. The molecule has 0 saturated heterocycles. The van der Waals surface area contributed by atoms with Gasteiger partial charge in [0.1, 0.15) is 5.58 Å². The smallest absolute Gasteiger partial charge is 0.227 e. The summed E-state index contributed by atoms with van der Waals surface area (Å²) in [5.41, 5.74) is 4.85. The first-order valence-electron chi connectivity index (χ1n) is 7.00. The van der Waals surface area contributed by atoms with Crippen LogP contribution in [0, 0.1) is 6.92 Å². The van der Waals surface area contributed by atoms with E-state index in [4.69, 9.17) is 4.42 Å². The van der Waals surface area contributed by atoms with E-state index in [1.807, 2.05) is 25.1 Å². The molecule has 0 aliphatic rings. The van der Waals surface area contributed by atoms with Gasteiger partial charge in [-0.3, -0.25) is 0 Å². The van der Waals surface area contributed by atoms with Crippen LogP contribution >= 0.6 is 0 Å². The van der Waals surface area contributed by atoms with Gasteiger partial charge in [0, 0.05) is 38.3 Å². The summed E-state index contributed by atoms with van der Waals surface area (Å²) in [4.78, 5) is 7.98. The van der Waals surface area contributed by atoms with Crippen LogP contribution in [-0.4, -0.2) is 9.97 Å². The van der Waals surface area contributed by atoms with Crippen molar-refractivity contribution < 1.29 is 4.42 Å². The van der Waals surface area contributed by atoms with Gasteiger partial charge < -0.3 is 9.40 Å². The molecule has 21 heavy (non-hydrogen) atoms. The number of rotatable bonds is 0. The number of aromatic amines is 1. The maximum Gasteiger partial charge on any atom is 0.227 e. The highest BCUT2D eigenvalue weighted by atomic mass is 16.3. The number of nitrogens with one attached hydrogen (secondary N) is 1. The van der Waals surface area contributed by atoms with Gasteiger partial charge in [-0.05, 0) is 37.3 Å². The van der Waals surface area contributed by atoms with Crippen molar-refractivity contribution in [1.29, 1.82) is 0 Å². The van der Waals surface area contributed by atoms with Gasteiger partial charge in [-0.15, -0.1) is 0 Å². The molecule has 3 heterocycles. The summed E-state index contributed by atoms with van der Waals surface area (Å²) < 4.78 is 5.93. The first kappa shape index (κ1) is 10.9. The van der Waals surface area contributed by atoms with E-state index in [9.17, 15) is 0 Å². The molecule has 0 spiro atoms. The van der Waals surface area contributed by atoms with Crippen LogP contribution in [0.25, 0.3) is 43.9 Å². The first-order chi connectivity index (χ1) is 10.3. The third-order valence-corrected chi connectivity index (χ3v) is 4.11. The van der Waals surface area contributed by atoms with Gasteiger partial charge in [0.25, 0.3) is 0 Å². The fourth-order valence-corrected chi connectivity index (χ4v) is 3.18. The minimum atomic E-state index is 0.711. The lowest BCUT2D eigenvalue weighted by atomic mass is 10.1. The van der Waals surface area contributed by atoms with Crippen molar-refractivity contribution in [2.45, 2.75) is 6.92 Å². The number of para-hydroxylation sites is 1. The molecule has 0 saturated carbocycles. The molecule has 0 fully saturated rings. The molecular weight excluding hydrogens is 260 g/mol. The SMILES string of the molecule is Cc1ccc2c(n1)oc1ccc3[nH]c4ccccc4c3c12. The predicted molar refractivity (Wildman–Crippen MR) is 85.6 cm³/mol. The van der Waals surface area contributed by atoms with Crippen LogP contribution in [0.5, 0.6) is 0 Å². The molecular formula is C18H12N2O. The topological polar surface area (TPSA) is 41.8 Å². The number of nitrogens with zero attached hydrogens (tertiary/aromatic N) is 1. The van der Waals surface area contributed by atoms with Crippen LogP contribution in [0.2, 0.25) is 0 Å². The van der Waals surface area contributed by atoms with E-state index in [0.717, 1.165) is 33.1 Å². The molecule has 3 nitrogen and oxygen atoms in total. The average Bonchev–Trinajstić information content (AvgIpc) is 3.03. The highest BCUT2D eigenvalue weighted by Crippen LogP contribution is 2.37. The number of furan rings is 1. The Balaban J connectivity index is 2.14. The second-order valence-electron chi connectivity index (χ2n) is 5.44. The van der Waals surface area contributed by atoms with Gasteiger partial charge in [0.15, 0.2) is 0 Å². The van der Waals surface area contributed by atoms with Gasteiger partial charge >= 0.3 is 0 Å². The lowest BCUT2D eigenvalue weighted by Crippen LogP contribution is -1.78. The summed E-state index contributed by atoms with van der Waals surface area (Å²) in [5.74, 6) is 0. The zero-order valence-electron chi connectivity index (χ0n) is 11.5. The summed E-state index contributed by atoms with van der Waals surface area (Å²) in [5, 5.41) is 4.66. The van der Waals surface area contributed by atoms with E-state index in [0.29, 0.717) is 5.71 Å². The molecule has 100 valence electrons. The molecule has 0 amide bonds. The number of benzene rings is 2. The summed E-state index contributed by atoms with van der Waals surface area (Å²) in [6.45, 7) is 1.98. The fourth-order valence-electron chi connectivity index (χ4n) is 3.18. The van der Waals surface area contributed by atoms with Crippen molar-refractivity contribution in [1.82, 2.24) is 9.97 Å². The van der Waals surface area contributed by atoms with Crippen molar-refractivity contribution >= 4 is 43.9 Å². The average molecular weight is 272 g/mol. The molecule has 0 aliphatic carbocycles. The number of aryl methyl sites for hydroxylation is 1. The summed E-state index contributed by atoms with van der Waals surface area (Å²) in [6, 6.07) is 16.6. The molecule has 1 N–H and O–H groups in total. The summed E-state index contributed by atoms with van der Waals surface area (Å²) in [7, 11) is 0. The molecule has 3 aromatic heterocycles. The van der Waals surface area contributed by atoms with E-state index < -0.39 is 0 Å². The lowest BCUT2D eigenvalue weighted by Gasteiger charge is -1.94. The standard InChI is InChI=1S/C18H12N2O/c1-10-6-7-12-17-15(21-18(12)19-10)9-8-14-16(17)11-4-2-3-5-13(11)20-14/h2-9,20H,1H3. The zero-order valence-corrected chi connectivity index (χ0v) is 11.5. The molecule has 3 heteroatoms. The Morgan fingerprint density at radius 3 is 2.71 bits per heavy atom. The highest BCUT2D eigenvalue weighted by molar-refractivity contribution is 6.26. The Bertz CT molecular complexity index is 1150. The summed E-state index contributed by atoms with van der Waals surface area (Å²) >= 11 is 0. The second-order valence-corrected chi connectivity index (χ2v) is 5.44. The van der Waals surface area contributed by atoms with Crippen molar-refractivity contribution in [3.8, 4) is 0 Å². The minimum absolute atomic E-state index is 0.711. The van der Waals surface area contributed by atoms with E-state index >= 15 is 0 Å². The molecule has 0 atom stereocenters. The number of pyridine rings is 1. The van der Waals surface area contributed by atoms with Crippen molar-refractivity contribution in [2.75, 3.05) is 0 Å². The maximum atomic E-state index is 5.93. The molecule has 0 unspecified atom stereocenters. The van der Waals surface area contributed by atoms with Crippen LogP contribution in [-0.2, 0) is 0 Å². The van der Waals surface area contributed by atoms with Crippen LogP contribution in [0.1, 0.15) is 5.69 Å². The minimum Gasteiger partial charge on any atom is -0.438 e. The Morgan fingerprint density at radius 1 is 0.857 bits per heavy atom. The Labute approximate surface area is 120 Å². The number of hydrogen-bond acceptors (Lipinski definition) is 2. The Hall–Kier alpha value is -2.81. The molecule has 5 aromatic rings.